The molecule has 2 unspecified atom stereocenters. The van der Waals surface area contributed by atoms with E-state index in [1.807, 2.05) is 12.3 Å². The first-order valence-electron chi connectivity index (χ1n) is 7.07. The number of pyridine rings is 1. The van der Waals surface area contributed by atoms with Crippen LogP contribution >= 0.6 is 0 Å². The zero-order chi connectivity index (χ0) is 12.8. The first kappa shape index (κ1) is 13.5. The number of rotatable bonds is 5. The Morgan fingerprint density at radius 1 is 1.44 bits per heavy atom. The number of aromatic nitrogens is 1. The lowest BCUT2D eigenvalue weighted by atomic mass is 9.92. The van der Waals surface area contributed by atoms with E-state index in [1.165, 1.54) is 25.1 Å². The Hall–Kier alpha value is -0.930. The molecule has 3 nitrogen and oxygen atoms in total. The zero-order valence-electron chi connectivity index (χ0n) is 11.6. The molecule has 1 saturated heterocycles. The predicted molar refractivity (Wildman–Crippen MR) is 75.6 cm³/mol. The fourth-order valence-corrected chi connectivity index (χ4v) is 2.64. The van der Waals surface area contributed by atoms with E-state index < -0.39 is 0 Å². The largest absolute Gasteiger partial charge is 0.312 e. The maximum Gasteiger partial charge on any atom is 0.0416 e. The van der Waals surface area contributed by atoms with Crippen LogP contribution in [-0.4, -0.2) is 42.6 Å². The van der Waals surface area contributed by atoms with Crippen LogP contribution in [-0.2, 0) is 6.42 Å². The molecular formula is C15H25N3. The Morgan fingerprint density at radius 3 is 3.06 bits per heavy atom. The lowest BCUT2D eigenvalue weighted by molar-refractivity contribution is 0.217. The summed E-state index contributed by atoms with van der Waals surface area (Å²) < 4.78 is 0. The van der Waals surface area contributed by atoms with Crippen LogP contribution in [0.3, 0.4) is 0 Å². The van der Waals surface area contributed by atoms with Crippen LogP contribution in [0.4, 0.5) is 0 Å². The molecule has 1 N–H and O–H groups in total. The van der Waals surface area contributed by atoms with Gasteiger partial charge in [-0.2, -0.15) is 0 Å². The van der Waals surface area contributed by atoms with E-state index in [0.717, 1.165) is 25.4 Å². The van der Waals surface area contributed by atoms with Crippen LogP contribution in [0.5, 0.6) is 0 Å². The Bertz CT molecular complexity index is 339. The SMILES string of the molecule is CC1CCCNC1CN(C)CCc1ccccn1. The second kappa shape index (κ2) is 6.86. The van der Waals surface area contributed by atoms with Crippen molar-refractivity contribution >= 4 is 0 Å². The van der Waals surface area contributed by atoms with Crippen molar-refractivity contribution in [2.24, 2.45) is 5.92 Å². The van der Waals surface area contributed by atoms with Gasteiger partial charge < -0.3 is 10.2 Å². The van der Waals surface area contributed by atoms with Gasteiger partial charge in [0.1, 0.15) is 0 Å². The van der Waals surface area contributed by atoms with E-state index in [0.29, 0.717) is 6.04 Å². The lowest BCUT2D eigenvalue weighted by Gasteiger charge is -2.33. The molecular weight excluding hydrogens is 222 g/mol. The van der Waals surface area contributed by atoms with E-state index in [1.54, 1.807) is 0 Å². The van der Waals surface area contributed by atoms with E-state index >= 15 is 0 Å². The van der Waals surface area contributed by atoms with Gasteiger partial charge in [0.15, 0.2) is 0 Å². The molecule has 0 bridgehead atoms. The standard InChI is InChI=1S/C15H25N3/c1-13-6-5-10-17-15(13)12-18(2)11-8-14-7-3-4-9-16-14/h3-4,7,9,13,15,17H,5-6,8,10-12H2,1-2H3. The molecule has 1 fully saturated rings. The average molecular weight is 247 g/mol. The Balaban J connectivity index is 1.73. The van der Waals surface area contributed by atoms with Gasteiger partial charge in [0.2, 0.25) is 0 Å². The van der Waals surface area contributed by atoms with Crippen LogP contribution in [0, 0.1) is 5.92 Å². The normalized spacial score (nSPS) is 24.4. The van der Waals surface area contributed by atoms with Gasteiger partial charge in [-0.05, 0) is 44.5 Å². The molecule has 18 heavy (non-hydrogen) atoms. The molecule has 1 aromatic rings. The summed E-state index contributed by atoms with van der Waals surface area (Å²) >= 11 is 0. The molecule has 0 aromatic carbocycles. The van der Waals surface area contributed by atoms with Crippen LogP contribution in [0.1, 0.15) is 25.5 Å². The molecule has 0 saturated carbocycles. The second-order valence-corrected chi connectivity index (χ2v) is 5.51. The fourth-order valence-electron chi connectivity index (χ4n) is 2.64. The first-order chi connectivity index (χ1) is 8.75. The molecule has 2 atom stereocenters. The third kappa shape index (κ3) is 4.07. The first-order valence-corrected chi connectivity index (χ1v) is 7.07. The molecule has 0 radical (unpaired) electrons. The molecule has 100 valence electrons. The third-order valence-electron chi connectivity index (χ3n) is 3.91. The van der Waals surface area contributed by atoms with Gasteiger partial charge in [-0.15, -0.1) is 0 Å². The summed E-state index contributed by atoms with van der Waals surface area (Å²) in [6.07, 6.45) is 5.61. The molecule has 1 aliphatic rings. The number of likely N-dealkylation sites (N-methyl/N-ethyl adjacent to an activating group) is 1. The van der Waals surface area contributed by atoms with Crippen LogP contribution in [0.15, 0.2) is 24.4 Å². The number of nitrogens with zero attached hydrogens (tertiary/aromatic N) is 2. The highest BCUT2D eigenvalue weighted by molar-refractivity contribution is 5.03. The van der Waals surface area contributed by atoms with Crippen molar-refractivity contribution in [2.75, 3.05) is 26.7 Å². The predicted octanol–water partition coefficient (Wildman–Crippen LogP) is 1.94. The highest BCUT2D eigenvalue weighted by atomic mass is 15.1. The van der Waals surface area contributed by atoms with Gasteiger partial charge in [-0.25, -0.2) is 0 Å². The van der Waals surface area contributed by atoms with Gasteiger partial charge in [0.25, 0.3) is 0 Å². The third-order valence-corrected chi connectivity index (χ3v) is 3.91. The summed E-state index contributed by atoms with van der Waals surface area (Å²) in [5.41, 5.74) is 1.19. The minimum atomic E-state index is 0.660. The van der Waals surface area contributed by atoms with Crippen molar-refractivity contribution in [3.05, 3.63) is 30.1 Å². The van der Waals surface area contributed by atoms with E-state index in [-0.39, 0.29) is 0 Å². The minimum absolute atomic E-state index is 0.660. The van der Waals surface area contributed by atoms with Crippen LogP contribution in [0.2, 0.25) is 0 Å². The van der Waals surface area contributed by atoms with Crippen LogP contribution in [0.25, 0.3) is 0 Å². The zero-order valence-corrected chi connectivity index (χ0v) is 11.6. The fraction of sp³-hybridized carbons (Fsp3) is 0.667. The monoisotopic (exact) mass is 247 g/mol. The molecule has 3 heteroatoms. The van der Waals surface area contributed by atoms with Crippen LogP contribution < -0.4 is 5.32 Å². The van der Waals surface area contributed by atoms with Crippen molar-refractivity contribution in [1.82, 2.24) is 15.2 Å². The van der Waals surface area contributed by atoms with Crippen molar-refractivity contribution in [3.63, 3.8) is 0 Å². The lowest BCUT2D eigenvalue weighted by Crippen LogP contribution is -2.47. The molecule has 2 rings (SSSR count). The molecule has 0 aliphatic carbocycles. The molecule has 1 aliphatic heterocycles. The topological polar surface area (TPSA) is 28.2 Å². The molecule has 0 spiro atoms. The van der Waals surface area contributed by atoms with E-state index in [9.17, 15) is 0 Å². The Kier molecular flexibility index (Phi) is 5.14. The quantitative estimate of drug-likeness (QED) is 0.862. The second-order valence-electron chi connectivity index (χ2n) is 5.51. The van der Waals surface area contributed by atoms with Gasteiger partial charge in [0, 0.05) is 37.4 Å². The summed E-state index contributed by atoms with van der Waals surface area (Å²) in [6, 6.07) is 6.80. The van der Waals surface area contributed by atoms with Crippen molar-refractivity contribution in [3.8, 4) is 0 Å². The summed E-state index contributed by atoms with van der Waals surface area (Å²) in [5.74, 6) is 0.802. The highest BCUT2D eigenvalue weighted by Gasteiger charge is 2.21. The van der Waals surface area contributed by atoms with E-state index in [2.05, 4.69) is 41.3 Å². The number of hydrogen-bond acceptors (Lipinski definition) is 3. The smallest absolute Gasteiger partial charge is 0.0416 e. The summed E-state index contributed by atoms with van der Waals surface area (Å²) in [4.78, 5) is 6.79. The van der Waals surface area contributed by atoms with Gasteiger partial charge in [0.05, 0.1) is 0 Å². The summed E-state index contributed by atoms with van der Waals surface area (Å²) in [7, 11) is 2.21. The summed E-state index contributed by atoms with van der Waals surface area (Å²) in [5, 5.41) is 3.64. The number of nitrogens with one attached hydrogen (secondary N) is 1. The van der Waals surface area contributed by atoms with Crippen molar-refractivity contribution < 1.29 is 0 Å². The maximum absolute atomic E-state index is 4.37. The Morgan fingerprint density at radius 2 is 2.33 bits per heavy atom. The van der Waals surface area contributed by atoms with Crippen molar-refractivity contribution in [2.45, 2.75) is 32.2 Å². The molecule has 2 heterocycles. The maximum atomic E-state index is 4.37. The van der Waals surface area contributed by atoms with Gasteiger partial charge in [-0.1, -0.05) is 13.0 Å². The summed E-state index contributed by atoms with van der Waals surface area (Å²) in [6.45, 7) is 5.78. The number of piperidine rings is 1. The Labute approximate surface area is 111 Å². The van der Waals surface area contributed by atoms with Gasteiger partial charge >= 0.3 is 0 Å². The van der Waals surface area contributed by atoms with Gasteiger partial charge in [-0.3, -0.25) is 4.98 Å². The van der Waals surface area contributed by atoms with Crippen molar-refractivity contribution in [1.29, 1.82) is 0 Å². The molecule has 1 aromatic heterocycles. The van der Waals surface area contributed by atoms with E-state index in [4.69, 9.17) is 0 Å². The minimum Gasteiger partial charge on any atom is -0.312 e. The molecule has 0 amide bonds. The highest BCUT2D eigenvalue weighted by Crippen LogP contribution is 2.16. The average Bonchev–Trinajstić information content (AvgIpc) is 2.40. The number of hydrogen-bond donors (Lipinski definition) is 1.